The van der Waals surface area contributed by atoms with E-state index < -0.39 is 0 Å². The third-order valence-corrected chi connectivity index (χ3v) is 2.55. The maximum Gasteiger partial charge on any atom is 0.230 e. The summed E-state index contributed by atoms with van der Waals surface area (Å²) in [4.78, 5) is 4.15. The van der Waals surface area contributed by atoms with Crippen LogP contribution in [0.5, 0.6) is 5.75 Å². The first-order chi connectivity index (χ1) is 7.24. The summed E-state index contributed by atoms with van der Waals surface area (Å²) in [5.41, 5.74) is 1.64. The fourth-order valence-electron chi connectivity index (χ4n) is 1.01. The number of hydrogen-bond donors (Lipinski definition) is 1. The van der Waals surface area contributed by atoms with Crippen LogP contribution in [0.15, 0.2) is 39.9 Å². The summed E-state index contributed by atoms with van der Waals surface area (Å²) >= 11 is 1.45. The Hall–Kier alpha value is -1.75. The molecule has 0 saturated carbocycles. The Morgan fingerprint density at radius 2 is 1.93 bits per heavy atom. The molecule has 0 saturated heterocycles. The van der Waals surface area contributed by atoms with E-state index in [1.807, 2.05) is 12.3 Å². The highest BCUT2D eigenvalue weighted by atomic mass is 32.1. The monoisotopic (exact) mass is 219 g/mol. The van der Waals surface area contributed by atoms with Crippen LogP contribution in [-0.2, 0) is 0 Å². The van der Waals surface area contributed by atoms with Crippen molar-refractivity contribution in [2.24, 2.45) is 10.2 Å². The van der Waals surface area contributed by atoms with Gasteiger partial charge in [0.25, 0.3) is 0 Å². The second-order valence-electron chi connectivity index (χ2n) is 2.99. The topological polar surface area (TPSA) is 57.8 Å². The molecule has 1 aromatic carbocycles. The summed E-state index contributed by atoms with van der Waals surface area (Å²) in [6, 6.07) is 6.53. The molecule has 1 N–H and O–H groups in total. The minimum atomic E-state index is 0.221. The zero-order valence-corrected chi connectivity index (χ0v) is 8.90. The smallest absolute Gasteiger partial charge is 0.230 e. The lowest BCUT2D eigenvalue weighted by Crippen LogP contribution is -1.66. The van der Waals surface area contributed by atoms with Gasteiger partial charge in [0, 0.05) is 5.38 Å². The van der Waals surface area contributed by atoms with E-state index in [1.165, 1.54) is 11.3 Å². The summed E-state index contributed by atoms with van der Waals surface area (Å²) < 4.78 is 0. The molecule has 2 aromatic rings. The molecule has 1 heterocycles. The van der Waals surface area contributed by atoms with E-state index in [2.05, 4.69) is 15.2 Å². The van der Waals surface area contributed by atoms with Crippen molar-refractivity contribution in [1.29, 1.82) is 0 Å². The van der Waals surface area contributed by atoms with Crippen LogP contribution in [0.2, 0.25) is 0 Å². The lowest BCUT2D eigenvalue weighted by Gasteiger charge is -1.91. The van der Waals surface area contributed by atoms with Gasteiger partial charge in [-0.1, -0.05) is 0 Å². The Bertz CT molecular complexity index is 476. The first-order valence-corrected chi connectivity index (χ1v) is 5.25. The first-order valence-electron chi connectivity index (χ1n) is 4.37. The summed E-state index contributed by atoms with van der Waals surface area (Å²) in [7, 11) is 0. The quantitative estimate of drug-likeness (QED) is 0.785. The highest BCUT2D eigenvalue weighted by molar-refractivity contribution is 7.13. The number of thiazole rings is 1. The van der Waals surface area contributed by atoms with Gasteiger partial charge in [0.1, 0.15) is 5.75 Å². The van der Waals surface area contributed by atoms with Gasteiger partial charge in [-0.15, -0.1) is 21.6 Å². The lowest BCUT2D eigenvalue weighted by atomic mass is 10.3. The third kappa shape index (κ3) is 2.60. The number of phenolic OH excluding ortho intramolecular Hbond substituents is 1. The summed E-state index contributed by atoms with van der Waals surface area (Å²) in [6.07, 6.45) is 0. The number of aryl methyl sites for hydroxylation is 1. The molecule has 0 bridgehead atoms. The lowest BCUT2D eigenvalue weighted by molar-refractivity contribution is 0.475. The molecule has 0 radical (unpaired) electrons. The van der Waals surface area contributed by atoms with Gasteiger partial charge < -0.3 is 5.11 Å². The molecule has 0 amide bonds. The van der Waals surface area contributed by atoms with Crippen molar-refractivity contribution in [3.63, 3.8) is 0 Å². The van der Waals surface area contributed by atoms with E-state index in [1.54, 1.807) is 24.3 Å². The minimum absolute atomic E-state index is 0.221. The molecule has 0 spiro atoms. The van der Waals surface area contributed by atoms with Crippen LogP contribution < -0.4 is 0 Å². The van der Waals surface area contributed by atoms with Gasteiger partial charge in [-0.25, -0.2) is 4.98 Å². The Morgan fingerprint density at radius 3 is 2.53 bits per heavy atom. The van der Waals surface area contributed by atoms with E-state index in [0.29, 0.717) is 10.8 Å². The van der Waals surface area contributed by atoms with Crippen LogP contribution in [0.25, 0.3) is 0 Å². The largest absolute Gasteiger partial charge is 0.508 e. The molecule has 2 rings (SSSR count). The number of rotatable bonds is 2. The summed E-state index contributed by atoms with van der Waals surface area (Å²) in [5.74, 6) is 0.221. The van der Waals surface area contributed by atoms with E-state index in [4.69, 9.17) is 5.11 Å². The van der Waals surface area contributed by atoms with Crippen molar-refractivity contribution in [2.45, 2.75) is 6.92 Å². The maximum atomic E-state index is 9.06. The molecule has 0 aliphatic carbocycles. The van der Waals surface area contributed by atoms with E-state index >= 15 is 0 Å². The highest BCUT2D eigenvalue weighted by Crippen LogP contribution is 2.22. The first kappa shape index (κ1) is 9.79. The van der Waals surface area contributed by atoms with Gasteiger partial charge in [0.2, 0.25) is 5.13 Å². The highest BCUT2D eigenvalue weighted by Gasteiger charge is 1.95. The molecule has 0 atom stereocenters. The molecular formula is C10H9N3OS. The Labute approximate surface area is 91.0 Å². The summed E-state index contributed by atoms with van der Waals surface area (Å²) in [5, 5.41) is 19.6. The molecule has 76 valence electrons. The zero-order valence-electron chi connectivity index (χ0n) is 8.08. The molecule has 0 aliphatic rings. The number of aromatic nitrogens is 1. The van der Waals surface area contributed by atoms with Gasteiger partial charge in [-0.3, -0.25) is 0 Å². The average Bonchev–Trinajstić information content (AvgIpc) is 2.64. The molecule has 5 heteroatoms. The van der Waals surface area contributed by atoms with Crippen LogP contribution in [-0.4, -0.2) is 10.1 Å². The third-order valence-electron chi connectivity index (χ3n) is 1.71. The number of aromatic hydroxyl groups is 1. The van der Waals surface area contributed by atoms with Crippen LogP contribution in [0, 0.1) is 6.92 Å². The number of phenols is 1. The minimum Gasteiger partial charge on any atom is -0.508 e. The molecule has 0 fully saturated rings. The van der Waals surface area contributed by atoms with Crippen LogP contribution in [0.4, 0.5) is 10.8 Å². The van der Waals surface area contributed by atoms with Crippen molar-refractivity contribution in [2.75, 3.05) is 0 Å². The predicted octanol–water partition coefficient (Wildman–Crippen LogP) is 3.57. The SMILES string of the molecule is Cc1csc(N=Nc2ccc(O)cc2)n1. The molecule has 0 unspecified atom stereocenters. The van der Waals surface area contributed by atoms with E-state index in [0.717, 1.165) is 5.69 Å². The Kier molecular flexibility index (Phi) is 2.73. The van der Waals surface area contributed by atoms with Gasteiger partial charge in [0.15, 0.2) is 0 Å². The predicted molar refractivity (Wildman–Crippen MR) is 59.1 cm³/mol. The van der Waals surface area contributed by atoms with Gasteiger partial charge in [-0.05, 0) is 31.2 Å². The standard InChI is InChI=1S/C10H9N3OS/c1-7-6-15-10(11-7)13-12-8-2-4-9(14)5-3-8/h2-6,14H,1H3. The van der Waals surface area contributed by atoms with Crippen LogP contribution in [0.1, 0.15) is 5.69 Å². The van der Waals surface area contributed by atoms with Crippen molar-refractivity contribution in [1.82, 2.24) is 4.98 Å². The molecular weight excluding hydrogens is 210 g/mol. The second-order valence-corrected chi connectivity index (χ2v) is 3.82. The zero-order chi connectivity index (χ0) is 10.7. The van der Waals surface area contributed by atoms with Crippen LogP contribution in [0.3, 0.4) is 0 Å². The van der Waals surface area contributed by atoms with Crippen molar-refractivity contribution < 1.29 is 5.11 Å². The second kappa shape index (κ2) is 4.18. The number of nitrogens with zero attached hydrogens (tertiary/aromatic N) is 3. The van der Waals surface area contributed by atoms with Crippen molar-refractivity contribution in [3.8, 4) is 5.75 Å². The number of azo groups is 1. The van der Waals surface area contributed by atoms with Gasteiger partial charge in [0.05, 0.1) is 11.4 Å². The van der Waals surface area contributed by atoms with E-state index in [9.17, 15) is 0 Å². The average molecular weight is 219 g/mol. The van der Waals surface area contributed by atoms with Gasteiger partial charge in [-0.2, -0.15) is 0 Å². The molecule has 1 aromatic heterocycles. The Balaban J connectivity index is 2.14. The normalized spacial score (nSPS) is 11.0. The molecule has 0 aliphatic heterocycles. The fraction of sp³-hybridized carbons (Fsp3) is 0.100. The van der Waals surface area contributed by atoms with Crippen molar-refractivity contribution >= 4 is 22.2 Å². The number of benzene rings is 1. The molecule has 15 heavy (non-hydrogen) atoms. The van der Waals surface area contributed by atoms with Gasteiger partial charge >= 0.3 is 0 Å². The maximum absolute atomic E-state index is 9.06. The molecule has 4 nitrogen and oxygen atoms in total. The van der Waals surface area contributed by atoms with E-state index in [-0.39, 0.29) is 5.75 Å². The number of hydrogen-bond acceptors (Lipinski definition) is 5. The Morgan fingerprint density at radius 1 is 1.20 bits per heavy atom. The fourth-order valence-corrected chi connectivity index (χ4v) is 1.62. The van der Waals surface area contributed by atoms with Crippen LogP contribution >= 0.6 is 11.3 Å². The summed E-state index contributed by atoms with van der Waals surface area (Å²) in [6.45, 7) is 1.91. The van der Waals surface area contributed by atoms with Crippen molar-refractivity contribution in [3.05, 3.63) is 35.3 Å².